The molecule has 0 aromatic carbocycles. The van der Waals surface area contributed by atoms with Gasteiger partial charge in [-0.3, -0.25) is 0 Å². The van der Waals surface area contributed by atoms with Crippen LogP contribution in [-0.2, 0) is 11.5 Å². The van der Waals surface area contributed by atoms with Crippen molar-refractivity contribution >= 4 is 68.5 Å². The zero-order chi connectivity index (χ0) is 8.43. The van der Waals surface area contributed by atoms with E-state index in [1.165, 1.54) is 10.4 Å². The molecule has 11 heavy (non-hydrogen) atoms. The standard InChI is InChI=1S/C6H6Br2S3/c7-5-3(1-9)6(8)11-4(5)2-10/h9-10H,1-2H2. The van der Waals surface area contributed by atoms with Gasteiger partial charge in [-0.1, -0.05) is 0 Å². The van der Waals surface area contributed by atoms with Crippen molar-refractivity contribution in [3.8, 4) is 0 Å². The largest absolute Gasteiger partial charge is 0.174 e. The molecule has 0 amide bonds. The first-order valence-electron chi connectivity index (χ1n) is 2.88. The predicted octanol–water partition coefficient (Wildman–Crippen LogP) is 4.13. The average molecular weight is 334 g/mol. The third-order valence-electron chi connectivity index (χ3n) is 1.26. The lowest BCUT2D eigenvalue weighted by molar-refractivity contribution is 1.39. The van der Waals surface area contributed by atoms with Gasteiger partial charge in [-0.25, -0.2) is 0 Å². The maximum atomic E-state index is 4.22. The van der Waals surface area contributed by atoms with Gasteiger partial charge in [0.2, 0.25) is 0 Å². The van der Waals surface area contributed by atoms with Crippen molar-refractivity contribution in [2.75, 3.05) is 0 Å². The van der Waals surface area contributed by atoms with Crippen LogP contribution >= 0.6 is 68.5 Å². The highest BCUT2D eigenvalue weighted by Crippen LogP contribution is 2.38. The molecule has 62 valence electrons. The minimum atomic E-state index is 0.755. The van der Waals surface area contributed by atoms with Crippen molar-refractivity contribution < 1.29 is 0 Å². The smallest absolute Gasteiger partial charge is 0.0753 e. The summed E-state index contributed by atoms with van der Waals surface area (Å²) in [5.74, 6) is 1.53. The molecule has 1 heterocycles. The van der Waals surface area contributed by atoms with Crippen LogP contribution in [0.1, 0.15) is 10.4 Å². The predicted molar refractivity (Wildman–Crippen MR) is 65.1 cm³/mol. The van der Waals surface area contributed by atoms with E-state index in [0.717, 1.165) is 19.8 Å². The summed E-state index contributed by atoms with van der Waals surface area (Å²) >= 11 is 17.1. The topological polar surface area (TPSA) is 0 Å². The molecule has 1 rings (SSSR count). The van der Waals surface area contributed by atoms with E-state index in [9.17, 15) is 0 Å². The molecule has 0 atom stereocenters. The lowest BCUT2D eigenvalue weighted by atomic mass is 10.3. The van der Waals surface area contributed by atoms with E-state index in [0.29, 0.717) is 0 Å². The SMILES string of the molecule is SCc1sc(Br)c(CS)c1Br. The van der Waals surface area contributed by atoms with Gasteiger partial charge in [-0.15, -0.1) is 11.3 Å². The van der Waals surface area contributed by atoms with Crippen LogP contribution in [0.15, 0.2) is 8.26 Å². The van der Waals surface area contributed by atoms with Crippen molar-refractivity contribution in [2.45, 2.75) is 11.5 Å². The maximum Gasteiger partial charge on any atom is 0.0753 e. The molecule has 0 aliphatic rings. The molecule has 5 heteroatoms. The van der Waals surface area contributed by atoms with Crippen molar-refractivity contribution in [3.63, 3.8) is 0 Å². The Morgan fingerprint density at radius 1 is 1.18 bits per heavy atom. The number of halogens is 2. The third kappa shape index (κ3) is 2.18. The van der Waals surface area contributed by atoms with E-state index in [-0.39, 0.29) is 0 Å². The molecule has 0 fully saturated rings. The molecule has 0 N–H and O–H groups in total. The zero-order valence-corrected chi connectivity index (χ0v) is 11.3. The zero-order valence-electron chi connectivity index (χ0n) is 5.47. The van der Waals surface area contributed by atoms with Crippen LogP contribution in [0.4, 0.5) is 0 Å². The van der Waals surface area contributed by atoms with Crippen LogP contribution < -0.4 is 0 Å². The molecule has 0 aliphatic heterocycles. The minimum absolute atomic E-state index is 0.755. The van der Waals surface area contributed by atoms with Gasteiger partial charge in [0.15, 0.2) is 0 Å². The summed E-state index contributed by atoms with van der Waals surface area (Å²) in [5, 5.41) is 0. The van der Waals surface area contributed by atoms with Gasteiger partial charge in [0.25, 0.3) is 0 Å². The Balaban J connectivity index is 3.14. The van der Waals surface area contributed by atoms with Gasteiger partial charge >= 0.3 is 0 Å². The molecule has 0 saturated heterocycles. The first-order valence-corrected chi connectivity index (χ1v) is 6.54. The fourth-order valence-electron chi connectivity index (χ4n) is 0.702. The molecular formula is C6H6Br2S3. The van der Waals surface area contributed by atoms with Gasteiger partial charge in [0.05, 0.1) is 3.79 Å². The number of hydrogen-bond acceptors (Lipinski definition) is 3. The first kappa shape index (κ1) is 10.4. The summed E-state index contributed by atoms with van der Waals surface area (Å²) in [5.41, 5.74) is 1.22. The number of rotatable bonds is 2. The first-order chi connectivity index (χ1) is 5.20. The molecule has 0 nitrogen and oxygen atoms in total. The van der Waals surface area contributed by atoms with Crippen molar-refractivity contribution in [1.82, 2.24) is 0 Å². The summed E-state index contributed by atoms with van der Waals surface area (Å²) < 4.78 is 2.31. The third-order valence-corrected chi connectivity index (χ3v) is 5.31. The number of hydrogen-bond donors (Lipinski definition) is 2. The lowest BCUT2D eigenvalue weighted by Gasteiger charge is -1.93. The Morgan fingerprint density at radius 3 is 2.09 bits per heavy atom. The summed E-state index contributed by atoms with van der Waals surface area (Å²) in [7, 11) is 0. The molecule has 0 unspecified atom stereocenters. The fraction of sp³-hybridized carbons (Fsp3) is 0.333. The van der Waals surface area contributed by atoms with E-state index in [1.54, 1.807) is 11.3 Å². The highest BCUT2D eigenvalue weighted by molar-refractivity contribution is 9.11. The summed E-state index contributed by atoms with van der Waals surface area (Å²) in [6.07, 6.45) is 0. The molecule has 1 aromatic heterocycles. The molecule has 0 saturated carbocycles. The monoisotopic (exact) mass is 332 g/mol. The van der Waals surface area contributed by atoms with E-state index in [2.05, 4.69) is 57.1 Å². The summed E-state index contributed by atoms with van der Waals surface area (Å²) in [6.45, 7) is 0. The Morgan fingerprint density at radius 2 is 1.82 bits per heavy atom. The second-order valence-corrected chi connectivity index (χ2v) is 5.76. The van der Waals surface area contributed by atoms with Gasteiger partial charge in [-0.05, 0) is 31.9 Å². The fourth-order valence-corrected chi connectivity index (χ4v) is 4.96. The summed E-state index contributed by atoms with van der Waals surface area (Å²) in [4.78, 5) is 1.25. The molecule has 1 aromatic rings. The van der Waals surface area contributed by atoms with Crippen LogP contribution in [0.5, 0.6) is 0 Å². The van der Waals surface area contributed by atoms with Gasteiger partial charge in [0, 0.05) is 26.4 Å². The maximum absolute atomic E-state index is 4.22. The highest BCUT2D eigenvalue weighted by atomic mass is 79.9. The molecule has 0 spiro atoms. The van der Waals surface area contributed by atoms with Crippen LogP contribution in [0.3, 0.4) is 0 Å². The quantitative estimate of drug-likeness (QED) is 0.747. The Kier molecular flexibility index (Phi) is 4.32. The van der Waals surface area contributed by atoms with Crippen LogP contribution in [0.2, 0.25) is 0 Å². The van der Waals surface area contributed by atoms with E-state index >= 15 is 0 Å². The van der Waals surface area contributed by atoms with Gasteiger partial charge < -0.3 is 0 Å². The van der Waals surface area contributed by atoms with E-state index < -0.39 is 0 Å². The average Bonchev–Trinajstić information content (AvgIpc) is 2.26. The number of thiophene rings is 1. The second kappa shape index (κ2) is 4.56. The summed E-state index contributed by atoms with van der Waals surface area (Å²) in [6, 6.07) is 0. The van der Waals surface area contributed by atoms with Crippen LogP contribution in [0.25, 0.3) is 0 Å². The van der Waals surface area contributed by atoms with E-state index in [4.69, 9.17) is 0 Å². The van der Waals surface area contributed by atoms with Gasteiger partial charge in [0.1, 0.15) is 0 Å². The van der Waals surface area contributed by atoms with E-state index in [1.807, 2.05) is 0 Å². The molecule has 0 bridgehead atoms. The molecular weight excluding hydrogens is 328 g/mol. The Labute approximate surface area is 97.8 Å². The number of thiol groups is 2. The normalized spacial score (nSPS) is 10.5. The second-order valence-electron chi connectivity index (χ2n) is 1.91. The lowest BCUT2D eigenvalue weighted by Crippen LogP contribution is -1.76. The highest BCUT2D eigenvalue weighted by Gasteiger charge is 2.11. The molecule has 0 aliphatic carbocycles. The minimum Gasteiger partial charge on any atom is -0.174 e. The Bertz CT molecular complexity index is 257. The van der Waals surface area contributed by atoms with Crippen molar-refractivity contribution in [3.05, 3.63) is 18.7 Å². The van der Waals surface area contributed by atoms with Crippen molar-refractivity contribution in [1.29, 1.82) is 0 Å². The van der Waals surface area contributed by atoms with Crippen molar-refractivity contribution in [2.24, 2.45) is 0 Å². The van der Waals surface area contributed by atoms with Crippen LogP contribution in [-0.4, -0.2) is 0 Å². The van der Waals surface area contributed by atoms with Gasteiger partial charge in [-0.2, -0.15) is 25.3 Å². The molecule has 0 radical (unpaired) electrons. The Hall–Kier alpha value is 1.36. The van der Waals surface area contributed by atoms with Crippen LogP contribution in [0, 0.1) is 0 Å².